The van der Waals surface area contributed by atoms with Crippen molar-refractivity contribution in [3.63, 3.8) is 0 Å². The van der Waals surface area contributed by atoms with Gasteiger partial charge >= 0.3 is 0 Å². The lowest BCUT2D eigenvalue weighted by molar-refractivity contribution is -0.133. The van der Waals surface area contributed by atoms with Crippen molar-refractivity contribution in [2.75, 3.05) is 13.3 Å². The number of carbonyl (C=O) groups excluding carboxylic acids is 3. The molecule has 0 unspecified atom stereocenters. The molecule has 1 aliphatic carbocycles. The van der Waals surface area contributed by atoms with E-state index in [9.17, 15) is 19.5 Å². The Balaban J connectivity index is 1.22. The average molecular weight is 657 g/mol. The number of nitrogens with one attached hydrogen (secondary N) is 3. The first-order chi connectivity index (χ1) is 23.2. The maximum Gasteiger partial charge on any atom is 0.243 e. The number of fused-ring (bicyclic) bond motifs is 1. The molecule has 3 amide bonds. The first kappa shape index (κ1) is 34.9. The van der Waals surface area contributed by atoms with Crippen LogP contribution in [-0.4, -0.2) is 60.4 Å². The number of ether oxygens (including phenoxy) is 2. The molecule has 1 fully saturated rings. The first-order valence-electron chi connectivity index (χ1n) is 17.0. The van der Waals surface area contributed by atoms with Crippen molar-refractivity contribution in [3.05, 3.63) is 83.9 Å². The van der Waals surface area contributed by atoms with E-state index in [1.807, 2.05) is 86.6 Å². The molecule has 256 valence electrons. The summed E-state index contributed by atoms with van der Waals surface area (Å²) in [6.07, 6.45) is 4.49. The van der Waals surface area contributed by atoms with Crippen molar-refractivity contribution in [1.29, 1.82) is 0 Å². The van der Waals surface area contributed by atoms with E-state index in [-0.39, 0.29) is 37.0 Å². The second-order valence-corrected chi connectivity index (χ2v) is 13.3. The van der Waals surface area contributed by atoms with E-state index in [1.54, 1.807) is 0 Å². The van der Waals surface area contributed by atoms with Crippen molar-refractivity contribution >= 4 is 17.7 Å². The number of primary amides is 1. The van der Waals surface area contributed by atoms with Gasteiger partial charge in [0, 0.05) is 12.5 Å². The maximum absolute atomic E-state index is 13.6. The number of nitrogens with two attached hydrogens (primary N) is 1. The number of hydrogen-bond acceptors (Lipinski definition) is 7. The SMILES string of the molecule is CC(C)[C@H](NC(=O)C1CCCCC1)C(=O)N[C@@H](Cc1ccccc1)[C@@H](O)CN[C@@H](Cc1ccc(-c2ccc3c(c2)OCO3)cc1)C(N)=O. The standard InChI is InChI=1S/C38H48N4O6/c1-24(2)35(42-37(45)28-11-7-4-8-12-28)38(46)41-30(19-25-9-5-3-6-10-25)32(43)22-40-31(36(39)44)20-26-13-15-27(16-14-26)29-17-18-33-34(21-29)48-23-47-33/h3,5-6,9-10,13-18,21,24,28,30-32,35,40,43H,4,7-8,11-12,19-20,22-23H2,1-2H3,(H2,39,44)(H,41,46)(H,42,45)/t30-,31-,32-,35-/m0/s1. The quantitative estimate of drug-likeness (QED) is 0.167. The summed E-state index contributed by atoms with van der Waals surface area (Å²) in [6, 6.07) is 21.0. The van der Waals surface area contributed by atoms with E-state index in [2.05, 4.69) is 16.0 Å². The molecule has 0 bridgehead atoms. The molecular formula is C38H48N4O6. The number of carbonyl (C=O) groups is 3. The molecule has 4 atom stereocenters. The molecule has 1 heterocycles. The van der Waals surface area contributed by atoms with Crippen LogP contribution in [0.5, 0.6) is 11.5 Å². The summed E-state index contributed by atoms with van der Waals surface area (Å²) in [5.41, 5.74) is 9.59. The average Bonchev–Trinajstić information content (AvgIpc) is 3.57. The summed E-state index contributed by atoms with van der Waals surface area (Å²) in [6.45, 7) is 4.02. The van der Waals surface area contributed by atoms with Gasteiger partial charge in [-0.15, -0.1) is 0 Å². The minimum Gasteiger partial charge on any atom is -0.454 e. The minimum atomic E-state index is -1.05. The van der Waals surface area contributed by atoms with Gasteiger partial charge in [0.2, 0.25) is 24.5 Å². The first-order valence-corrected chi connectivity index (χ1v) is 17.0. The second kappa shape index (κ2) is 16.6. The third-order valence-electron chi connectivity index (χ3n) is 9.33. The fraction of sp³-hybridized carbons (Fsp3) is 0.447. The van der Waals surface area contributed by atoms with Crippen LogP contribution >= 0.6 is 0 Å². The predicted molar refractivity (Wildman–Crippen MR) is 184 cm³/mol. The van der Waals surface area contributed by atoms with Gasteiger partial charge in [0.1, 0.15) is 6.04 Å². The van der Waals surface area contributed by atoms with Crippen molar-refractivity contribution in [3.8, 4) is 22.6 Å². The molecule has 0 aromatic heterocycles. The number of aliphatic hydroxyl groups is 1. The fourth-order valence-corrected chi connectivity index (χ4v) is 6.42. The van der Waals surface area contributed by atoms with Crippen molar-refractivity contribution in [2.45, 2.75) is 83.0 Å². The molecule has 3 aromatic carbocycles. The highest BCUT2D eigenvalue weighted by atomic mass is 16.7. The molecule has 0 spiro atoms. The Hall–Kier alpha value is -4.41. The van der Waals surface area contributed by atoms with Gasteiger partial charge in [0.05, 0.1) is 18.2 Å². The van der Waals surface area contributed by atoms with Gasteiger partial charge in [0.25, 0.3) is 0 Å². The number of aliphatic hydroxyl groups excluding tert-OH is 1. The fourth-order valence-electron chi connectivity index (χ4n) is 6.42. The zero-order chi connectivity index (χ0) is 34.0. The highest BCUT2D eigenvalue weighted by Crippen LogP contribution is 2.36. The topological polar surface area (TPSA) is 152 Å². The van der Waals surface area contributed by atoms with E-state index in [0.717, 1.165) is 60.1 Å². The summed E-state index contributed by atoms with van der Waals surface area (Å²) < 4.78 is 10.9. The summed E-state index contributed by atoms with van der Waals surface area (Å²) >= 11 is 0. The summed E-state index contributed by atoms with van der Waals surface area (Å²) in [5, 5.41) is 20.6. The molecule has 0 saturated heterocycles. The van der Waals surface area contributed by atoms with E-state index >= 15 is 0 Å². The lowest BCUT2D eigenvalue weighted by atomic mass is 9.88. The summed E-state index contributed by atoms with van der Waals surface area (Å²) in [5.74, 6) is 0.227. The molecule has 10 nitrogen and oxygen atoms in total. The third-order valence-corrected chi connectivity index (χ3v) is 9.33. The highest BCUT2D eigenvalue weighted by Gasteiger charge is 2.32. The molecule has 10 heteroatoms. The molecule has 2 aliphatic rings. The van der Waals surface area contributed by atoms with Crippen LogP contribution in [0.4, 0.5) is 0 Å². The molecular weight excluding hydrogens is 608 g/mol. The van der Waals surface area contributed by atoms with Gasteiger partial charge in [-0.05, 0) is 66.0 Å². The van der Waals surface area contributed by atoms with Crippen LogP contribution in [0.15, 0.2) is 72.8 Å². The normalized spacial score (nSPS) is 16.9. The Labute approximate surface area is 282 Å². The lowest BCUT2D eigenvalue weighted by Gasteiger charge is -2.30. The van der Waals surface area contributed by atoms with Crippen molar-refractivity contribution in [2.24, 2.45) is 17.6 Å². The van der Waals surface area contributed by atoms with E-state index in [4.69, 9.17) is 15.2 Å². The Morgan fingerprint density at radius 1 is 0.833 bits per heavy atom. The zero-order valence-corrected chi connectivity index (χ0v) is 27.8. The van der Waals surface area contributed by atoms with Crippen LogP contribution in [0.25, 0.3) is 11.1 Å². The molecule has 3 aromatic rings. The van der Waals surface area contributed by atoms with Gasteiger partial charge in [-0.25, -0.2) is 0 Å². The van der Waals surface area contributed by atoms with Crippen LogP contribution in [0.1, 0.15) is 57.1 Å². The smallest absolute Gasteiger partial charge is 0.243 e. The van der Waals surface area contributed by atoms with E-state index < -0.39 is 30.1 Å². The third kappa shape index (κ3) is 9.35. The van der Waals surface area contributed by atoms with Crippen LogP contribution < -0.4 is 31.2 Å². The van der Waals surface area contributed by atoms with Crippen molar-refractivity contribution < 1.29 is 29.0 Å². The Morgan fingerprint density at radius 2 is 1.50 bits per heavy atom. The van der Waals surface area contributed by atoms with E-state index in [0.29, 0.717) is 18.6 Å². The molecule has 6 N–H and O–H groups in total. The van der Waals surface area contributed by atoms with Crippen molar-refractivity contribution in [1.82, 2.24) is 16.0 Å². The lowest BCUT2D eigenvalue weighted by Crippen LogP contribution is -2.57. The number of hydrogen-bond donors (Lipinski definition) is 5. The molecule has 1 aliphatic heterocycles. The predicted octanol–water partition coefficient (Wildman–Crippen LogP) is 3.88. The Bertz CT molecular complexity index is 1520. The number of benzene rings is 3. The zero-order valence-electron chi connectivity index (χ0n) is 27.8. The molecule has 48 heavy (non-hydrogen) atoms. The van der Waals surface area contributed by atoms with Gasteiger partial charge in [0.15, 0.2) is 11.5 Å². The minimum absolute atomic E-state index is 0.0153. The van der Waals surface area contributed by atoms with Gasteiger partial charge in [-0.2, -0.15) is 0 Å². The maximum atomic E-state index is 13.6. The summed E-state index contributed by atoms with van der Waals surface area (Å²) in [4.78, 5) is 39.2. The van der Waals surface area contributed by atoms with Crippen LogP contribution in [-0.2, 0) is 27.2 Å². The van der Waals surface area contributed by atoms with Gasteiger partial charge in [-0.3, -0.25) is 14.4 Å². The highest BCUT2D eigenvalue weighted by molar-refractivity contribution is 5.89. The van der Waals surface area contributed by atoms with Gasteiger partial charge < -0.3 is 36.3 Å². The largest absolute Gasteiger partial charge is 0.454 e. The molecule has 5 rings (SSSR count). The number of amides is 3. The van der Waals surface area contributed by atoms with Gasteiger partial charge in [-0.1, -0.05) is 93.8 Å². The Kier molecular flexibility index (Phi) is 12.1. The van der Waals surface area contributed by atoms with Crippen LogP contribution in [0.3, 0.4) is 0 Å². The summed E-state index contributed by atoms with van der Waals surface area (Å²) in [7, 11) is 0. The second-order valence-electron chi connectivity index (χ2n) is 13.3. The Morgan fingerprint density at radius 3 is 2.19 bits per heavy atom. The number of rotatable bonds is 15. The molecule has 1 saturated carbocycles. The molecule has 0 radical (unpaired) electrons. The van der Waals surface area contributed by atoms with Crippen LogP contribution in [0.2, 0.25) is 0 Å². The monoisotopic (exact) mass is 656 g/mol. The van der Waals surface area contributed by atoms with E-state index in [1.165, 1.54) is 0 Å². The van der Waals surface area contributed by atoms with Crippen LogP contribution in [0, 0.1) is 11.8 Å².